The fourth-order valence-corrected chi connectivity index (χ4v) is 2.86. The van der Waals surface area contributed by atoms with Gasteiger partial charge in [-0.1, -0.05) is 41.4 Å². The van der Waals surface area contributed by atoms with Crippen molar-refractivity contribution in [3.05, 3.63) is 93.5 Å². The number of halogens is 2. The number of rotatable bonds is 7. The van der Waals surface area contributed by atoms with Gasteiger partial charge in [0.05, 0.1) is 17.5 Å². The van der Waals surface area contributed by atoms with E-state index in [0.29, 0.717) is 28.1 Å². The number of carboxylic acids is 1. The van der Waals surface area contributed by atoms with Gasteiger partial charge in [-0.05, 0) is 54.1 Å². The molecule has 0 unspecified atom stereocenters. The van der Waals surface area contributed by atoms with Crippen LogP contribution in [0, 0.1) is 0 Å². The molecule has 0 atom stereocenters. The standard InChI is InChI=1S/C21H16Cl2N2O3/c22-16-8-7-15(19(23)11-16)13-28-17-9-5-14(6-10-17)12-24-25-20-4-2-1-3-18(20)21(26)27/h1-12,25H,13H2,(H,26,27)/b24-12+. The summed E-state index contributed by atoms with van der Waals surface area (Å²) >= 11 is 12.0. The van der Waals surface area contributed by atoms with Crippen LogP contribution in [0.25, 0.3) is 0 Å². The minimum Gasteiger partial charge on any atom is -0.489 e. The monoisotopic (exact) mass is 414 g/mol. The maximum Gasteiger partial charge on any atom is 0.337 e. The average Bonchev–Trinajstić information content (AvgIpc) is 2.68. The van der Waals surface area contributed by atoms with E-state index in [4.69, 9.17) is 33.0 Å². The van der Waals surface area contributed by atoms with Crippen LogP contribution in [0.2, 0.25) is 10.0 Å². The quantitative estimate of drug-likeness (QED) is 0.383. The van der Waals surface area contributed by atoms with Crippen LogP contribution < -0.4 is 10.2 Å². The van der Waals surface area contributed by atoms with Gasteiger partial charge < -0.3 is 9.84 Å². The number of aromatic carboxylic acids is 1. The number of carbonyl (C=O) groups is 1. The van der Waals surface area contributed by atoms with Crippen LogP contribution in [-0.4, -0.2) is 17.3 Å². The van der Waals surface area contributed by atoms with Crippen LogP contribution in [0.5, 0.6) is 5.75 Å². The van der Waals surface area contributed by atoms with Gasteiger partial charge in [-0.15, -0.1) is 0 Å². The number of para-hydroxylation sites is 1. The number of hydrogen-bond acceptors (Lipinski definition) is 4. The lowest BCUT2D eigenvalue weighted by Crippen LogP contribution is -2.02. The summed E-state index contributed by atoms with van der Waals surface area (Å²) < 4.78 is 5.73. The summed E-state index contributed by atoms with van der Waals surface area (Å²) in [6, 6.07) is 19.1. The van der Waals surface area contributed by atoms with E-state index in [1.807, 2.05) is 30.3 Å². The fraction of sp³-hybridized carbons (Fsp3) is 0.0476. The van der Waals surface area contributed by atoms with Crippen LogP contribution in [0.15, 0.2) is 71.8 Å². The second kappa shape index (κ2) is 9.26. The Bertz CT molecular complexity index is 1000. The topological polar surface area (TPSA) is 70.9 Å². The average molecular weight is 415 g/mol. The number of anilines is 1. The summed E-state index contributed by atoms with van der Waals surface area (Å²) in [4.78, 5) is 11.2. The van der Waals surface area contributed by atoms with Crippen molar-refractivity contribution in [2.75, 3.05) is 5.43 Å². The number of hydrazone groups is 1. The second-order valence-corrected chi connectivity index (χ2v) is 6.66. The molecule has 0 bridgehead atoms. The summed E-state index contributed by atoms with van der Waals surface area (Å²) in [7, 11) is 0. The molecule has 3 aromatic carbocycles. The molecule has 5 nitrogen and oxygen atoms in total. The Kier molecular flexibility index (Phi) is 6.53. The largest absolute Gasteiger partial charge is 0.489 e. The van der Waals surface area contributed by atoms with Crippen molar-refractivity contribution in [2.24, 2.45) is 5.10 Å². The molecule has 0 aliphatic carbocycles. The van der Waals surface area contributed by atoms with Crippen LogP contribution in [-0.2, 0) is 6.61 Å². The van der Waals surface area contributed by atoms with Gasteiger partial charge in [0.1, 0.15) is 12.4 Å². The first-order valence-electron chi connectivity index (χ1n) is 8.31. The van der Waals surface area contributed by atoms with Gasteiger partial charge in [-0.25, -0.2) is 4.79 Å². The van der Waals surface area contributed by atoms with Crippen LogP contribution in [0.1, 0.15) is 21.5 Å². The molecule has 3 aromatic rings. The fourth-order valence-electron chi connectivity index (χ4n) is 2.39. The maximum atomic E-state index is 11.2. The van der Waals surface area contributed by atoms with E-state index in [1.54, 1.807) is 36.5 Å². The molecule has 7 heteroatoms. The second-order valence-electron chi connectivity index (χ2n) is 5.81. The minimum absolute atomic E-state index is 0.157. The Morgan fingerprint density at radius 1 is 1.07 bits per heavy atom. The third kappa shape index (κ3) is 5.25. The molecule has 2 N–H and O–H groups in total. The zero-order valence-electron chi connectivity index (χ0n) is 14.6. The van der Waals surface area contributed by atoms with Crippen molar-refractivity contribution in [2.45, 2.75) is 6.61 Å². The van der Waals surface area contributed by atoms with E-state index in [-0.39, 0.29) is 5.56 Å². The number of benzene rings is 3. The molecular weight excluding hydrogens is 399 g/mol. The van der Waals surface area contributed by atoms with Crippen molar-refractivity contribution in [3.8, 4) is 5.75 Å². The van der Waals surface area contributed by atoms with Crippen molar-refractivity contribution in [1.82, 2.24) is 0 Å². The molecular formula is C21H16Cl2N2O3. The highest BCUT2D eigenvalue weighted by Crippen LogP contribution is 2.23. The molecule has 0 heterocycles. The predicted octanol–water partition coefficient (Wildman–Crippen LogP) is 5.72. The normalized spacial score (nSPS) is 10.8. The first-order chi connectivity index (χ1) is 13.5. The van der Waals surface area contributed by atoms with Crippen molar-refractivity contribution in [3.63, 3.8) is 0 Å². The molecule has 0 aromatic heterocycles. The van der Waals surface area contributed by atoms with Crippen LogP contribution in [0.3, 0.4) is 0 Å². The first kappa shape index (κ1) is 19.7. The molecule has 0 radical (unpaired) electrons. The third-order valence-electron chi connectivity index (χ3n) is 3.85. The van der Waals surface area contributed by atoms with E-state index in [1.165, 1.54) is 6.07 Å². The van der Waals surface area contributed by atoms with E-state index >= 15 is 0 Å². The van der Waals surface area contributed by atoms with Gasteiger partial charge in [0.15, 0.2) is 0 Å². The molecule has 3 rings (SSSR count). The third-order valence-corrected chi connectivity index (χ3v) is 4.43. The summed E-state index contributed by atoms with van der Waals surface area (Å²) in [5.74, 6) is -0.326. The number of carboxylic acid groups (broad SMARTS) is 1. The van der Waals surface area contributed by atoms with Crippen molar-refractivity contribution >= 4 is 41.1 Å². The molecule has 0 fully saturated rings. The SMILES string of the molecule is O=C(O)c1ccccc1N/N=C/c1ccc(OCc2ccc(Cl)cc2Cl)cc1. The molecule has 0 saturated carbocycles. The predicted molar refractivity (Wildman–Crippen MR) is 112 cm³/mol. The van der Waals surface area contributed by atoms with E-state index in [0.717, 1.165) is 11.1 Å². The first-order valence-corrected chi connectivity index (χ1v) is 9.07. The molecule has 0 aliphatic heterocycles. The zero-order chi connectivity index (χ0) is 19.9. The Labute approximate surface area is 172 Å². The van der Waals surface area contributed by atoms with Gasteiger partial charge in [0.2, 0.25) is 0 Å². The Morgan fingerprint density at radius 2 is 1.82 bits per heavy atom. The number of nitrogens with one attached hydrogen (secondary N) is 1. The van der Waals surface area contributed by atoms with E-state index in [9.17, 15) is 4.79 Å². The van der Waals surface area contributed by atoms with Gasteiger partial charge in [-0.2, -0.15) is 5.10 Å². The lowest BCUT2D eigenvalue weighted by Gasteiger charge is -2.08. The Morgan fingerprint density at radius 3 is 2.54 bits per heavy atom. The highest BCUT2D eigenvalue weighted by Gasteiger charge is 2.07. The zero-order valence-corrected chi connectivity index (χ0v) is 16.1. The molecule has 0 amide bonds. The Balaban J connectivity index is 1.58. The highest BCUT2D eigenvalue weighted by atomic mass is 35.5. The maximum absolute atomic E-state index is 11.2. The Hall–Kier alpha value is -3.02. The molecule has 0 aliphatic rings. The summed E-state index contributed by atoms with van der Waals surface area (Å²) in [5, 5.41) is 14.4. The van der Waals surface area contributed by atoms with E-state index in [2.05, 4.69) is 10.5 Å². The van der Waals surface area contributed by atoms with Gasteiger partial charge in [-0.3, -0.25) is 5.43 Å². The summed E-state index contributed by atoms with van der Waals surface area (Å²) in [6.07, 6.45) is 1.60. The van der Waals surface area contributed by atoms with Crippen molar-refractivity contribution < 1.29 is 14.6 Å². The molecule has 0 spiro atoms. The summed E-state index contributed by atoms with van der Waals surface area (Å²) in [6.45, 7) is 0.330. The molecule has 28 heavy (non-hydrogen) atoms. The molecule has 0 saturated heterocycles. The highest BCUT2D eigenvalue weighted by molar-refractivity contribution is 6.35. The number of hydrogen-bond donors (Lipinski definition) is 2. The van der Waals surface area contributed by atoms with Crippen LogP contribution in [0.4, 0.5) is 5.69 Å². The van der Waals surface area contributed by atoms with Gasteiger partial charge >= 0.3 is 5.97 Å². The van der Waals surface area contributed by atoms with Crippen LogP contribution >= 0.6 is 23.2 Å². The smallest absolute Gasteiger partial charge is 0.337 e. The number of ether oxygens (including phenoxy) is 1. The summed E-state index contributed by atoms with van der Waals surface area (Å²) in [5.41, 5.74) is 5.00. The lowest BCUT2D eigenvalue weighted by atomic mass is 10.2. The minimum atomic E-state index is -1.01. The van der Waals surface area contributed by atoms with Crippen molar-refractivity contribution in [1.29, 1.82) is 0 Å². The lowest BCUT2D eigenvalue weighted by molar-refractivity contribution is 0.0698. The van der Waals surface area contributed by atoms with E-state index < -0.39 is 5.97 Å². The molecule has 142 valence electrons. The number of nitrogens with zero attached hydrogens (tertiary/aromatic N) is 1. The van der Waals surface area contributed by atoms with Gasteiger partial charge in [0, 0.05) is 15.6 Å². The van der Waals surface area contributed by atoms with Gasteiger partial charge in [0.25, 0.3) is 0 Å².